The first kappa shape index (κ1) is 33.5. The first-order valence-corrected chi connectivity index (χ1v) is 22.1. The van der Waals surface area contributed by atoms with Crippen molar-refractivity contribution < 1.29 is 13.6 Å². The van der Waals surface area contributed by atoms with Crippen molar-refractivity contribution in [3.8, 4) is 11.5 Å². The molecular weight excluding hydrogens is 784 g/mol. The number of nitrogens with zero attached hydrogens (tertiary/aromatic N) is 3. The van der Waals surface area contributed by atoms with Crippen LogP contribution in [0.5, 0.6) is 11.5 Å². The number of rotatable bonds is 2. The van der Waals surface area contributed by atoms with E-state index in [1.54, 1.807) is 0 Å². The van der Waals surface area contributed by atoms with Crippen LogP contribution >= 0.6 is 0 Å². The standard InChI is InChI=1S/C56H33B2N3O3/c1-30-21-40-54-50(23-30)64-51-24-31(2)22-41-55(51)61(54)56-52-44(59(32-13-5-3-6-14-32)42-28-48-36(25-38(42)57(40)52)34-17-9-11-19-46(34)62-48)27-45-53(56)58(41)39-26-37-35-18-10-12-20-47(35)63-49(37)29-43(39)60(45)33-15-7-4-8-16-33/h3-29H,1-2H3. The average Bonchev–Trinajstić information content (AvgIpc) is 3.87. The van der Waals surface area contributed by atoms with Crippen LogP contribution in [0, 0.1) is 13.8 Å². The lowest BCUT2D eigenvalue weighted by molar-refractivity contribution is 0.477. The van der Waals surface area contributed by atoms with E-state index in [4.69, 9.17) is 13.6 Å². The number of hydrogen-bond donors (Lipinski definition) is 0. The lowest BCUT2D eigenvalue weighted by atomic mass is 9.28. The molecular formula is C56H33B2N3O3. The first-order valence-electron chi connectivity index (χ1n) is 22.1. The molecule has 6 nitrogen and oxygen atoms in total. The molecule has 64 heavy (non-hydrogen) atoms. The quantitative estimate of drug-likeness (QED) is 0.162. The number of aryl methyl sites for hydroxylation is 2. The molecule has 0 aliphatic carbocycles. The van der Waals surface area contributed by atoms with Gasteiger partial charge in [-0.05, 0) is 112 Å². The molecule has 0 bridgehead atoms. The fourth-order valence-corrected chi connectivity index (χ4v) is 12.3. The molecule has 0 unspecified atom stereocenters. The highest BCUT2D eigenvalue weighted by molar-refractivity contribution is 7.05. The highest BCUT2D eigenvalue weighted by Gasteiger charge is 2.54. The summed E-state index contributed by atoms with van der Waals surface area (Å²) in [5, 5.41) is 4.50. The van der Waals surface area contributed by atoms with Gasteiger partial charge >= 0.3 is 0 Å². The normalized spacial score (nSPS) is 14.4. The van der Waals surface area contributed by atoms with Gasteiger partial charge in [-0.1, -0.05) is 97.1 Å². The molecule has 2 aromatic heterocycles. The minimum absolute atomic E-state index is 0.0992. The molecule has 296 valence electrons. The first-order chi connectivity index (χ1) is 31.6. The Labute approximate surface area is 368 Å². The predicted octanol–water partition coefficient (Wildman–Crippen LogP) is 10.9. The van der Waals surface area contributed by atoms with Gasteiger partial charge in [0.25, 0.3) is 13.4 Å². The molecule has 0 saturated heterocycles. The Hall–Kier alpha value is -8.09. The summed E-state index contributed by atoms with van der Waals surface area (Å²) in [6.07, 6.45) is 0. The van der Waals surface area contributed by atoms with Gasteiger partial charge in [0.05, 0.1) is 11.4 Å². The molecule has 8 heteroatoms. The molecule has 0 spiro atoms. The Kier molecular flexibility index (Phi) is 6.01. The zero-order valence-electron chi connectivity index (χ0n) is 34.8. The Morgan fingerprint density at radius 2 is 0.812 bits per heavy atom. The van der Waals surface area contributed by atoms with Crippen molar-refractivity contribution in [3.63, 3.8) is 0 Å². The third-order valence-electron chi connectivity index (χ3n) is 14.6. The lowest BCUT2D eigenvalue weighted by Crippen LogP contribution is -2.69. The SMILES string of the molecule is Cc1cc2c3c(c1)B1c4cc5c(cc4N(c4ccccc4)c4cc6c7c(c41)N3c1c(cc(C)cc1B7c1cc3c(cc1N6c1ccccc1)oc1ccccc13)O2)oc1ccccc15. The van der Waals surface area contributed by atoms with Crippen LogP contribution in [0.3, 0.4) is 0 Å². The fourth-order valence-electron chi connectivity index (χ4n) is 12.3. The monoisotopic (exact) mass is 817 g/mol. The number of hydrogen-bond acceptors (Lipinski definition) is 6. The molecule has 7 heterocycles. The molecule has 0 N–H and O–H groups in total. The molecule has 0 amide bonds. The number of anilines is 9. The maximum absolute atomic E-state index is 7.19. The van der Waals surface area contributed by atoms with Crippen LogP contribution in [-0.2, 0) is 0 Å². The minimum atomic E-state index is -0.0992. The van der Waals surface area contributed by atoms with Gasteiger partial charge in [0.1, 0.15) is 22.3 Å². The van der Waals surface area contributed by atoms with Crippen molar-refractivity contribution in [1.29, 1.82) is 0 Å². The number of para-hydroxylation sites is 4. The van der Waals surface area contributed by atoms with Gasteiger partial charge in [-0.2, -0.15) is 0 Å². The molecule has 0 saturated carbocycles. The number of furan rings is 2. The topological polar surface area (TPSA) is 45.2 Å². The van der Waals surface area contributed by atoms with Gasteiger partial charge in [0, 0.05) is 73.5 Å². The summed E-state index contributed by atoms with van der Waals surface area (Å²) in [4.78, 5) is 7.59. The zero-order valence-corrected chi connectivity index (χ0v) is 34.8. The molecule has 0 fully saturated rings. The summed E-state index contributed by atoms with van der Waals surface area (Å²) in [7, 11) is 0. The Morgan fingerprint density at radius 3 is 1.30 bits per heavy atom. The summed E-state index contributed by atoms with van der Waals surface area (Å²) in [5.74, 6) is 1.79. The zero-order chi connectivity index (χ0) is 41.7. The summed E-state index contributed by atoms with van der Waals surface area (Å²) in [6.45, 7) is 4.21. The highest BCUT2D eigenvalue weighted by Crippen LogP contribution is 2.56. The number of benzene rings is 9. The van der Waals surface area contributed by atoms with Crippen molar-refractivity contribution in [2.45, 2.75) is 13.8 Å². The van der Waals surface area contributed by atoms with Gasteiger partial charge < -0.3 is 28.3 Å². The van der Waals surface area contributed by atoms with Crippen LogP contribution in [-0.4, -0.2) is 13.4 Å². The van der Waals surface area contributed by atoms with Gasteiger partial charge in [0.2, 0.25) is 0 Å². The van der Waals surface area contributed by atoms with E-state index in [0.717, 1.165) is 101 Å². The fraction of sp³-hybridized carbons (Fsp3) is 0.0357. The second-order valence-electron chi connectivity index (χ2n) is 18.1. The summed E-state index contributed by atoms with van der Waals surface area (Å²) in [5.41, 5.74) is 23.7. The Morgan fingerprint density at radius 1 is 0.359 bits per heavy atom. The Bertz CT molecular complexity index is 3700. The minimum Gasteiger partial charge on any atom is -0.456 e. The third-order valence-corrected chi connectivity index (χ3v) is 14.6. The van der Waals surface area contributed by atoms with E-state index in [-0.39, 0.29) is 13.4 Å². The molecule has 5 aliphatic rings. The molecule has 5 aliphatic heterocycles. The smallest absolute Gasteiger partial charge is 0.252 e. The van der Waals surface area contributed by atoms with Crippen molar-refractivity contribution in [1.82, 2.24) is 0 Å². The maximum Gasteiger partial charge on any atom is 0.252 e. The molecule has 11 aromatic rings. The van der Waals surface area contributed by atoms with Gasteiger partial charge in [-0.3, -0.25) is 0 Å². The number of fused-ring (bicyclic) bond motifs is 12. The summed E-state index contributed by atoms with van der Waals surface area (Å²) >= 11 is 0. The van der Waals surface area contributed by atoms with E-state index in [2.05, 4.69) is 192 Å². The van der Waals surface area contributed by atoms with E-state index in [9.17, 15) is 0 Å². The predicted molar refractivity (Wildman–Crippen MR) is 264 cm³/mol. The van der Waals surface area contributed by atoms with E-state index in [1.165, 1.54) is 49.6 Å². The van der Waals surface area contributed by atoms with Crippen LogP contribution in [0.1, 0.15) is 11.1 Å². The Balaban J connectivity index is 1.11. The van der Waals surface area contributed by atoms with E-state index in [0.29, 0.717) is 0 Å². The molecule has 9 aromatic carbocycles. The average molecular weight is 818 g/mol. The van der Waals surface area contributed by atoms with E-state index < -0.39 is 0 Å². The summed E-state index contributed by atoms with van der Waals surface area (Å²) < 4.78 is 20.6. The number of ether oxygens (including phenoxy) is 1. The van der Waals surface area contributed by atoms with Crippen molar-refractivity contribution in [2.24, 2.45) is 0 Å². The van der Waals surface area contributed by atoms with E-state index >= 15 is 0 Å². The maximum atomic E-state index is 7.19. The largest absolute Gasteiger partial charge is 0.456 e. The summed E-state index contributed by atoms with van der Waals surface area (Å²) in [6, 6.07) is 59.8. The lowest BCUT2D eigenvalue weighted by Gasteiger charge is -2.52. The van der Waals surface area contributed by atoms with Crippen LogP contribution in [0.25, 0.3) is 43.9 Å². The van der Waals surface area contributed by atoms with Crippen LogP contribution in [0.4, 0.5) is 51.2 Å². The van der Waals surface area contributed by atoms with Crippen LogP contribution < -0.4 is 52.2 Å². The molecule has 16 rings (SSSR count). The van der Waals surface area contributed by atoms with Crippen molar-refractivity contribution in [2.75, 3.05) is 14.7 Å². The van der Waals surface area contributed by atoms with Crippen LogP contribution in [0.15, 0.2) is 173 Å². The van der Waals surface area contributed by atoms with Gasteiger partial charge in [-0.25, -0.2) is 0 Å². The van der Waals surface area contributed by atoms with Gasteiger partial charge in [-0.15, -0.1) is 0 Å². The van der Waals surface area contributed by atoms with Crippen LogP contribution in [0.2, 0.25) is 0 Å². The van der Waals surface area contributed by atoms with E-state index in [1.807, 2.05) is 0 Å². The molecule has 0 atom stereocenters. The van der Waals surface area contributed by atoms with Crippen molar-refractivity contribution >= 4 is 141 Å². The third kappa shape index (κ3) is 4.01. The second kappa shape index (κ2) is 11.5. The van der Waals surface area contributed by atoms with Gasteiger partial charge in [0.15, 0.2) is 11.5 Å². The second-order valence-corrected chi connectivity index (χ2v) is 18.1. The van der Waals surface area contributed by atoms with Crippen molar-refractivity contribution in [3.05, 3.63) is 175 Å². The highest BCUT2D eigenvalue weighted by atomic mass is 16.5. The molecule has 0 radical (unpaired) electrons.